The van der Waals surface area contributed by atoms with Gasteiger partial charge in [0.15, 0.2) is 0 Å². The maximum Gasteiger partial charge on any atom is 0.127 e. The van der Waals surface area contributed by atoms with Crippen LogP contribution >= 0.6 is 11.6 Å². The molecule has 1 aromatic heterocycles. The number of aryl methyl sites for hydroxylation is 2. The first-order chi connectivity index (χ1) is 10.1. The van der Waals surface area contributed by atoms with Gasteiger partial charge in [-0.15, -0.1) is 0 Å². The molecule has 4 nitrogen and oxygen atoms in total. The van der Waals surface area contributed by atoms with Crippen molar-refractivity contribution >= 4 is 11.6 Å². The van der Waals surface area contributed by atoms with E-state index in [0.717, 1.165) is 37.0 Å². The van der Waals surface area contributed by atoms with Crippen LogP contribution in [0.1, 0.15) is 23.0 Å². The van der Waals surface area contributed by atoms with Gasteiger partial charge in [0.25, 0.3) is 0 Å². The Hall–Kier alpha value is -1.36. The molecule has 0 amide bonds. The molecule has 1 fully saturated rings. The second kappa shape index (κ2) is 6.18. The molecule has 1 aliphatic rings. The average molecular weight is 305 g/mol. The summed E-state index contributed by atoms with van der Waals surface area (Å²) in [4.78, 5) is 7.02. The Morgan fingerprint density at radius 2 is 2.29 bits per heavy atom. The SMILES string of the molecule is Cc1cc(Cl)ccc1CN1CCNCC1c1nccn1C. The van der Waals surface area contributed by atoms with Gasteiger partial charge in [0.1, 0.15) is 5.82 Å². The Bertz CT molecular complexity index is 622. The molecular formula is C16H21ClN4. The first kappa shape index (κ1) is 14.6. The predicted octanol–water partition coefficient (Wildman–Crippen LogP) is 2.53. The quantitative estimate of drug-likeness (QED) is 0.946. The van der Waals surface area contributed by atoms with Crippen LogP contribution in [-0.2, 0) is 13.6 Å². The molecular weight excluding hydrogens is 284 g/mol. The van der Waals surface area contributed by atoms with Gasteiger partial charge in [-0.1, -0.05) is 17.7 Å². The largest absolute Gasteiger partial charge is 0.337 e. The third-order valence-electron chi connectivity index (χ3n) is 4.19. The summed E-state index contributed by atoms with van der Waals surface area (Å²) in [6, 6.07) is 6.46. The molecule has 2 aromatic rings. The van der Waals surface area contributed by atoms with Crippen molar-refractivity contribution in [3.8, 4) is 0 Å². The summed E-state index contributed by atoms with van der Waals surface area (Å²) in [5.41, 5.74) is 2.58. The molecule has 1 aliphatic heterocycles. The van der Waals surface area contributed by atoms with E-state index < -0.39 is 0 Å². The van der Waals surface area contributed by atoms with E-state index in [1.807, 2.05) is 24.5 Å². The van der Waals surface area contributed by atoms with Crippen LogP contribution in [0.5, 0.6) is 0 Å². The molecule has 0 saturated carbocycles. The van der Waals surface area contributed by atoms with E-state index >= 15 is 0 Å². The van der Waals surface area contributed by atoms with Gasteiger partial charge in [0.05, 0.1) is 6.04 Å². The van der Waals surface area contributed by atoms with Gasteiger partial charge in [-0.2, -0.15) is 0 Å². The van der Waals surface area contributed by atoms with Crippen molar-refractivity contribution in [2.24, 2.45) is 7.05 Å². The van der Waals surface area contributed by atoms with Crippen LogP contribution in [0, 0.1) is 6.92 Å². The fourth-order valence-electron chi connectivity index (χ4n) is 2.94. The molecule has 0 bridgehead atoms. The zero-order valence-corrected chi connectivity index (χ0v) is 13.3. The molecule has 5 heteroatoms. The van der Waals surface area contributed by atoms with Crippen LogP contribution < -0.4 is 5.32 Å². The van der Waals surface area contributed by atoms with Gasteiger partial charge in [-0.3, -0.25) is 4.90 Å². The van der Waals surface area contributed by atoms with Gasteiger partial charge in [0.2, 0.25) is 0 Å². The number of hydrogen-bond acceptors (Lipinski definition) is 3. The molecule has 0 radical (unpaired) electrons. The second-order valence-corrected chi connectivity index (χ2v) is 6.09. The highest BCUT2D eigenvalue weighted by molar-refractivity contribution is 6.30. The number of piperazine rings is 1. The number of nitrogens with zero attached hydrogens (tertiary/aromatic N) is 3. The summed E-state index contributed by atoms with van der Waals surface area (Å²) in [7, 11) is 2.06. The van der Waals surface area contributed by atoms with Gasteiger partial charge in [-0.25, -0.2) is 4.98 Å². The van der Waals surface area contributed by atoms with E-state index in [-0.39, 0.29) is 0 Å². The van der Waals surface area contributed by atoms with Crippen molar-refractivity contribution in [1.82, 2.24) is 19.8 Å². The molecule has 21 heavy (non-hydrogen) atoms. The van der Waals surface area contributed by atoms with Crippen LogP contribution in [0.15, 0.2) is 30.6 Å². The van der Waals surface area contributed by atoms with Gasteiger partial charge < -0.3 is 9.88 Å². The molecule has 3 rings (SSSR count). The van der Waals surface area contributed by atoms with E-state index in [0.29, 0.717) is 6.04 Å². The zero-order valence-electron chi connectivity index (χ0n) is 12.5. The minimum absolute atomic E-state index is 0.314. The number of benzene rings is 1. The summed E-state index contributed by atoms with van der Waals surface area (Å²) in [6.07, 6.45) is 3.88. The Labute approximate surface area is 130 Å². The third-order valence-corrected chi connectivity index (χ3v) is 4.42. The normalized spacial score (nSPS) is 19.9. The number of hydrogen-bond donors (Lipinski definition) is 1. The fraction of sp³-hybridized carbons (Fsp3) is 0.438. The molecule has 112 valence electrons. The highest BCUT2D eigenvalue weighted by atomic mass is 35.5. The van der Waals surface area contributed by atoms with Crippen molar-refractivity contribution in [1.29, 1.82) is 0 Å². The van der Waals surface area contributed by atoms with E-state index in [9.17, 15) is 0 Å². The Kier molecular flexibility index (Phi) is 4.29. The summed E-state index contributed by atoms with van der Waals surface area (Å²) in [6.45, 7) is 6.05. The number of nitrogens with one attached hydrogen (secondary N) is 1. The van der Waals surface area contributed by atoms with Crippen LogP contribution in [0.2, 0.25) is 5.02 Å². The highest BCUT2D eigenvalue weighted by Gasteiger charge is 2.26. The lowest BCUT2D eigenvalue weighted by atomic mass is 10.1. The number of aromatic nitrogens is 2. The first-order valence-electron chi connectivity index (χ1n) is 7.32. The van der Waals surface area contributed by atoms with E-state index in [4.69, 9.17) is 11.6 Å². The standard InChI is InChI=1S/C16H21ClN4/c1-12-9-14(17)4-3-13(12)11-21-8-5-18-10-15(21)16-19-6-7-20(16)2/h3-4,6-7,9,15,18H,5,8,10-11H2,1-2H3. The number of halogens is 1. The van der Waals surface area contributed by atoms with Gasteiger partial charge in [0, 0.05) is 50.6 Å². The third kappa shape index (κ3) is 3.12. The minimum atomic E-state index is 0.314. The predicted molar refractivity (Wildman–Crippen MR) is 85.4 cm³/mol. The topological polar surface area (TPSA) is 33.1 Å². The molecule has 1 aromatic carbocycles. The lowest BCUT2D eigenvalue weighted by Crippen LogP contribution is -2.46. The monoisotopic (exact) mass is 304 g/mol. The Morgan fingerprint density at radius 3 is 3.00 bits per heavy atom. The van der Waals surface area contributed by atoms with Crippen molar-refractivity contribution in [2.45, 2.75) is 19.5 Å². The summed E-state index contributed by atoms with van der Waals surface area (Å²) >= 11 is 6.05. The van der Waals surface area contributed by atoms with E-state index in [2.05, 4.69) is 39.8 Å². The maximum absolute atomic E-state index is 6.05. The molecule has 1 atom stereocenters. The van der Waals surface area contributed by atoms with Crippen molar-refractivity contribution in [3.05, 3.63) is 52.6 Å². The second-order valence-electron chi connectivity index (χ2n) is 5.66. The maximum atomic E-state index is 6.05. The molecule has 2 heterocycles. The van der Waals surface area contributed by atoms with Crippen LogP contribution in [-0.4, -0.2) is 34.1 Å². The van der Waals surface area contributed by atoms with Crippen molar-refractivity contribution in [3.63, 3.8) is 0 Å². The van der Waals surface area contributed by atoms with E-state index in [1.54, 1.807) is 0 Å². The van der Waals surface area contributed by atoms with Gasteiger partial charge in [-0.05, 0) is 30.2 Å². The number of rotatable bonds is 3. The minimum Gasteiger partial charge on any atom is -0.337 e. The molecule has 1 N–H and O–H groups in total. The molecule has 1 unspecified atom stereocenters. The average Bonchev–Trinajstić information content (AvgIpc) is 2.89. The number of imidazole rings is 1. The Morgan fingerprint density at radius 1 is 1.43 bits per heavy atom. The molecule has 1 saturated heterocycles. The zero-order chi connectivity index (χ0) is 14.8. The summed E-state index contributed by atoms with van der Waals surface area (Å²) in [5.74, 6) is 1.12. The smallest absolute Gasteiger partial charge is 0.127 e. The van der Waals surface area contributed by atoms with Crippen LogP contribution in [0.25, 0.3) is 0 Å². The summed E-state index contributed by atoms with van der Waals surface area (Å²) in [5, 5.41) is 4.28. The first-order valence-corrected chi connectivity index (χ1v) is 7.70. The van der Waals surface area contributed by atoms with Crippen LogP contribution in [0.4, 0.5) is 0 Å². The van der Waals surface area contributed by atoms with Crippen molar-refractivity contribution < 1.29 is 0 Å². The Balaban J connectivity index is 1.83. The van der Waals surface area contributed by atoms with Crippen molar-refractivity contribution in [2.75, 3.05) is 19.6 Å². The molecule has 0 spiro atoms. The lowest BCUT2D eigenvalue weighted by molar-refractivity contribution is 0.144. The lowest BCUT2D eigenvalue weighted by Gasteiger charge is -2.36. The van der Waals surface area contributed by atoms with Crippen LogP contribution in [0.3, 0.4) is 0 Å². The highest BCUT2D eigenvalue weighted by Crippen LogP contribution is 2.24. The molecule has 0 aliphatic carbocycles. The van der Waals surface area contributed by atoms with E-state index in [1.165, 1.54) is 11.1 Å². The fourth-order valence-corrected chi connectivity index (χ4v) is 3.17. The summed E-state index contributed by atoms with van der Waals surface area (Å²) < 4.78 is 2.11. The van der Waals surface area contributed by atoms with Gasteiger partial charge >= 0.3 is 0 Å².